The number of hydrogen-bond donors (Lipinski definition) is 4. The maximum Gasteiger partial charge on any atom is 0.226 e. The molecule has 2 aliphatic rings. The number of carbonyl (C=O) groups excluding carboxylic acids is 2. The van der Waals surface area contributed by atoms with Crippen molar-refractivity contribution in [3.05, 3.63) is 10.6 Å². The van der Waals surface area contributed by atoms with Gasteiger partial charge in [-0.2, -0.15) is 0 Å². The van der Waals surface area contributed by atoms with Gasteiger partial charge < -0.3 is 20.8 Å². The van der Waals surface area contributed by atoms with Crippen molar-refractivity contribution >= 4 is 28.3 Å². The molecule has 3 rings (SSSR count). The first-order valence-electron chi connectivity index (χ1n) is 12.4. The van der Waals surface area contributed by atoms with Gasteiger partial charge in [-0.1, -0.05) is 33.6 Å². The predicted octanol–water partition coefficient (Wildman–Crippen LogP) is 3.99. The molecular formula is C25H41N3O4S. The largest absolute Gasteiger partial charge is 0.396 e. The van der Waals surface area contributed by atoms with Gasteiger partial charge in [0.05, 0.1) is 18.4 Å². The Labute approximate surface area is 201 Å². The van der Waals surface area contributed by atoms with E-state index < -0.39 is 11.5 Å². The third-order valence-electron chi connectivity index (χ3n) is 7.99. The number of thiazole rings is 1. The molecule has 8 heteroatoms. The lowest BCUT2D eigenvalue weighted by molar-refractivity contribution is -0.144. The second-order valence-electron chi connectivity index (χ2n) is 10.8. The van der Waals surface area contributed by atoms with Crippen LogP contribution in [0.4, 0.5) is 5.13 Å². The minimum absolute atomic E-state index is 0.0108. The third-order valence-corrected chi connectivity index (χ3v) is 9.00. The second-order valence-corrected chi connectivity index (χ2v) is 11.9. The highest BCUT2D eigenvalue weighted by Gasteiger charge is 2.59. The number of carbonyl (C=O) groups is 2. The van der Waals surface area contributed by atoms with E-state index in [0.29, 0.717) is 30.8 Å². The third kappa shape index (κ3) is 5.28. The minimum Gasteiger partial charge on any atom is -0.396 e. The molecule has 33 heavy (non-hydrogen) atoms. The first kappa shape index (κ1) is 26.1. The summed E-state index contributed by atoms with van der Waals surface area (Å²) in [4.78, 5) is 31.2. The van der Waals surface area contributed by atoms with Gasteiger partial charge in [0.2, 0.25) is 11.8 Å². The van der Waals surface area contributed by atoms with E-state index in [1.807, 2.05) is 20.8 Å². The van der Waals surface area contributed by atoms with Crippen LogP contribution in [0.5, 0.6) is 0 Å². The Hall–Kier alpha value is -1.51. The van der Waals surface area contributed by atoms with Crippen molar-refractivity contribution < 1.29 is 19.8 Å². The molecule has 0 aliphatic heterocycles. The van der Waals surface area contributed by atoms with Crippen LogP contribution in [0.15, 0.2) is 0 Å². The smallest absolute Gasteiger partial charge is 0.226 e. The molecule has 2 aliphatic carbocycles. The SMILES string of the molecule is CCCCCC(=O)Nc1nc2c(s1)C[C@@H]1[C@](C)(CO)[C@H](O)CC[C@@]1(C)[C@@H]2CC(=O)NC(C)C. The fourth-order valence-corrected chi connectivity index (χ4v) is 7.07. The van der Waals surface area contributed by atoms with E-state index in [0.717, 1.165) is 36.3 Å². The van der Waals surface area contributed by atoms with Crippen molar-refractivity contribution in [2.75, 3.05) is 11.9 Å². The Morgan fingerprint density at radius 1 is 1.24 bits per heavy atom. The van der Waals surface area contributed by atoms with Crippen LogP contribution in [0, 0.1) is 16.7 Å². The van der Waals surface area contributed by atoms with Gasteiger partial charge in [0.25, 0.3) is 0 Å². The average Bonchev–Trinajstić information content (AvgIpc) is 3.14. The molecule has 0 saturated heterocycles. The van der Waals surface area contributed by atoms with E-state index in [1.54, 1.807) is 0 Å². The second kappa shape index (κ2) is 10.4. The number of aliphatic hydroxyl groups is 2. The first-order valence-corrected chi connectivity index (χ1v) is 13.2. The standard InChI is InChI=1S/C25H41N3O4S/c1-6-7-8-9-20(31)27-23-28-22-16(12-21(32)26-15(2)3)24(4)11-10-19(30)25(5,14-29)18(24)13-17(22)33-23/h15-16,18-19,29-30H,6-14H2,1-5H3,(H,26,32)(H,27,28,31)/t16-,18+,19-,24+,25+/m1/s1. The van der Waals surface area contributed by atoms with Crippen molar-refractivity contribution in [2.45, 2.75) is 104 Å². The van der Waals surface area contributed by atoms with Gasteiger partial charge in [-0.15, -0.1) is 11.3 Å². The number of fused-ring (bicyclic) bond motifs is 2. The molecular weight excluding hydrogens is 438 g/mol. The Morgan fingerprint density at radius 3 is 2.61 bits per heavy atom. The molecule has 1 heterocycles. The Bertz CT molecular complexity index is 857. The number of rotatable bonds is 9. The van der Waals surface area contributed by atoms with Crippen LogP contribution < -0.4 is 10.6 Å². The summed E-state index contributed by atoms with van der Waals surface area (Å²) >= 11 is 1.48. The van der Waals surface area contributed by atoms with E-state index in [9.17, 15) is 19.8 Å². The zero-order valence-corrected chi connectivity index (χ0v) is 21.6. The molecule has 0 radical (unpaired) electrons. The molecule has 1 saturated carbocycles. The highest BCUT2D eigenvalue weighted by Crippen LogP contribution is 2.62. The molecule has 5 atom stereocenters. The van der Waals surface area contributed by atoms with Gasteiger partial charge in [-0.25, -0.2) is 4.98 Å². The number of hydrogen-bond acceptors (Lipinski definition) is 6. The van der Waals surface area contributed by atoms with Crippen LogP contribution in [0.25, 0.3) is 0 Å². The van der Waals surface area contributed by atoms with Crippen molar-refractivity contribution in [2.24, 2.45) is 16.7 Å². The molecule has 1 fully saturated rings. The van der Waals surface area contributed by atoms with Gasteiger partial charge in [0.15, 0.2) is 5.13 Å². The molecule has 1 aromatic rings. The number of anilines is 1. The Balaban J connectivity index is 1.95. The predicted molar refractivity (Wildman–Crippen MR) is 131 cm³/mol. The van der Waals surface area contributed by atoms with E-state index in [-0.39, 0.29) is 41.7 Å². The normalized spacial score (nSPS) is 31.1. The molecule has 0 spiro atoms. The quantitative estimate of drug-likeness (QED) is 0.400. The Kier molecular flexibility index (Phi) is 8.23. The number of nitrogens with one attached hydrogen (secondary N) is 2. The summed E-state index contributed by atoms with van der Waals surface area (Å²) < 4.78 is 0. The summed E-state index contributed by atoms with van der Waals surface area (Å²) in [6.07, 6.45) is 5.20. The van der Waals surface area contributed by atoms with Gasteiger partial charge >= 0.3 is 0 Å². The maximum absolute atomic E-state index is 12.9. The molecule has 2 amide bonds. The molecule has 7 nitrogen and oxygen atoms in total. The molecule has 0 bridgehead atoms. The topological polar surface area (TPSA) is 112 Å². The zero-order chi connectivity index (χ0) is 24.4. The monoisotopic (exact) mass is 479 g/mol. The lowest BCUT2D eigenvalue weighted by Crippen LogP contribution is -2.57. The summed E-state index contributed by atoms with van der Waals surface area (Å²) in [5, 5.41) is 27.7. The fourth-order valence-electron chi connectivity index (χ4n) is 5.98. The number of nitrogens with zero attached hydrogens (tertiary/aromatic N) is 1. The van der Waals surface area contributed by atoms with E-state index in [4.69, 9.17) is 4.98 Å². The highest BCUT2D eigenvalue weighted by molar-refractivity contribution is 7.15. The first-order chi connectivity index (χ1) is 15.5. The molecule has 186 valence electrons. The summed E-state index contributed by atoms with van der Waals surface area (Å²) in [5.74, 6) is -0.164. The van der Waals surface area contributed by atoms with Crippen molar-refractivity contribution in [1.82, 2.24) is 10.3 Å². The zero-order valence-electron chi connectivity index (χ0n) is 20.7. The molecule has 4 N–H and O–H groups in total. The van der Waals surface area contributed by atoms with Crippen LogP contribution in [-0.4, -0.2) is 45.8 Å². The lowest BCUT2D eigenvalue weighted by Gasteiger charge is -2.58. The summed E-state index contributed by atoms with van der Waals surface area (Å²) in [5.41, 5.74) is -0.0299. The van der Waals surface area contributed by atoms with Crippen LogP contribution in [0.2, 0.25) is 0 Å². The average molecular weight is 480 g/mol. The van der Waals surface area contributed by atoms with Gasteiger partial charge in [-0.3, -0.25) is 9.59 Å². The molecule has 1 aromatic heterocycles. The van der Waals surface area contributed by atoms with Gasteiger partial charge in [0, 0.05) is 35.1 Å². The summed E-state index contributed by atoms with van der Waals surface area (Å²) in [6, 6.07) is 0.0495. The summed E-state index contributed by atoms with van der Waals surface area (Å²) in [6.45, 7) is 10.1. The fraction of sp³-hybridized carbons (Fsp3) is 0.800. The lowest BCUT2D eigenvalue weighted by atomic mass is 9.47. The minimum atomic E-state index is -0.648. The van der Waals surface area contributed by atoms with Crippen molar-refractivity contribution in [3.8, 4) is 0 Å². The number of aromatic nitrogens is 1. The molecule has 0 aromatic carbocycles. The number of unbranched alkanes of at least 4 members (excludes halogenated alkanes) is 2. The van der Waals surface area contributed by atoms with Crippen LogP contribution >= 0.6 is 11.3 Å². The highest BCUT2D eigenvalue weighted by atomic mass is 32.1. The van der Waals surface area contributed by atoms with Crippen molar-refractivity contribution in [3.63, 3.8) is 0 Å². The van der Waals surface area contributed by atoms with Gasteiger partial charge in [0.1, 0.15) is 0 Å². The molecule has 0 unspecified atom stereocenters. The van der Waals surface area contributed by atoms with Crippen LogP contribution in [0.3, 0.4) is 0 Å². The number of aliphatic hydroxyl groups excluding tert-OH is 2. The van der Waals surface area contributed by atoms with Crippen LogP contribution in [-0.2, 0) is 16.0 Å². The number of amides is 2. The van der Waals surface area contributed by atoms with Crippen LogP contribution in [0.1, 0.15) is 96.1 Å². The van der Waals surface area contributed by atoms with Crippen molar-refractivity contribution in [1.29, 1.82) is 0 Å². The maximum atomic E-state index is 12.9. The van der Waals surface area contributed by atoms with E-state index in [2.05, 4.69) is 24.5 Å². The summed E-state index contributed by atoms with van der Waals surface area (Å²) in [7, 11) is 0. The van der Waals surface area contributed by atoms with E-state index >= 15 is 0 Å². The van der Waals surface area contributed by atoms with E-state index in [1.165, 1.54) is 11.3 Å². The Morgan fingerprint density at radius 2 is 1.97 bits per heavy atom. The van der Waals surface area contributed by atoms with Gasteiger partial charge in [-0.05, 0) is 50.9 Å².